The number of carbonyl (C=O) groups is 3. The molecule has 0 saturated carbocycles. The van der Waals surface area contributed by atoms with Gasteiger partial charge in [0, 0.05) is 31.9 Å². The molecule has 1 N–H and O–H groups in total. The zero-order valence-corrected chi connectivity index (χ0v) is 16.2. The molecule has 0 spiro atoms. The van der Waals surface area contributed by atoms with Crippen molar-refractivity contribution in [3.05, 3.63) is 0 Å². The smallest absolute Gasteiger partial charge is 0.305 e. The third-order valence-electron chi connectivity index (χ3n) is 4.57. The molecular formula is C17H28N2O5S. The van der Waals surface area contributed by atoms with Crippen LogP contribution in [0.5, 0.6) is 0 Å². The second-order valence-electron chi connectivity index (χ2n) is 7.95. The number of carbonyl (C=O) groups excluding carboxylic acids is 2. The molecule has 2 saturated heterocycles. The zero-order valence-electron chi connectivity index (χ0n) is 15.4. The predicted molar refractivity (Wildman–Crippen MR) is 95.2 cm³/mol. The van der Waals surface area contributed by atoms with Crippen LogP contribution in [0.1, 0.15) is 40.0 Å². The molecule has 0 radical (unpaired) electrons. The summed E-state index contributed by atoms with van der Waals surface area (Å²) in [7, 11) is 1.57. The molecule has 0 aromatic heterocycles. The number of aliphatic carboxylic acids is 1. The van der Waals surface area contributed by atoms with Crippen LogP contribution in [0.2, 0.25) is 0 Å². The monoisotopic (exact) mass is 372 g/mol. The number of amides is 2. The maximum Gasteiger partial charge on any atom is 0.305 e. The van der Waals surface area contributed by atoms with Crippen LogP contribution < -0.4 is 0 Å². The average Bonchev–Trinajstić information content (AvgIpc) is 3.10. The minimum atomic E-state index is -0.930. The van der Waals surface area contributed by atoms with Crippen molar-refractivity contribution in [2.24, 2.45) is 5.41 Å². The number of carboxylic acid groups (broad SMARTS) is 1. The number of hydrogen-bond donors (Lipinski definition) is 1. The highest BCUT2D eigenvalue weighted by Gasteiger charge is 2.43. The number of hydrogen-bond acceptors (Lipinski definition) is 5. The Labute approximate surface area is 153 Å². The van der Waals surface area contributed by atoms with Crippen molar-refractivity contribution < 1.29 is 24.2 Å². The second-order valence-corrected chi connectivity index (χ2v) is 8.95. The summed E-state index contributed by atoms with van der Waals surface area (Å²) in [5.74, 6) is -0.0359. The van der Waals surface area contributed by atoms with E-state index >= 15 is 0 Å². The first-order valence-electron chi connectivity index (χ1n) is 8.54. The van der Waals surface area contributed by atoms with Crippen molar-refractivity contribution in [3.8, 4) is 0 Å². The van der Waals surface area contributed by atoms with Gasteiger partial charge < -0.3 is 19.6 Å². The fourth-order valence-corrected chi connectivity index (χ4v) is 4.52. The van der Waals surface area contributed by atoms with Crippen LogP contribution in [-0.2, 0) is 19.1 Å². The molecule has 2 amide bonds. The Bertz CT molecular complexity index is 534. The van der Waals surface area contributed by atoms with E-state index in [0.29, 0.717) is 31.0 Å². The molecule has 3 atom stereocenters. The maximum atomic E-state index is 13.1. The van der Waals surface area contributed by atoms with Crippen LogP contribution in [0, 0.1) is 5.41 Å². The molecular weight excluding hydrogens is 344 g/mol. The normalized spacial score (nSPS) is 27.0. The molecule has 0 aliphatic carbocycles. The van der Waals surface area contributed by atoms with Crippen LogP contribution in [-0.4, -0.2) is 76.2 Å². The maximum absolute atomic E-state index is 13.1. The average molecular weight is 372 g/mol. The Morgan fingerprint density at radius 1 is 1.24 bits per heavy atom. The quantitative estimate of drug-likeness (QED) is 0.785. The van der Waals surface area contributed by atoms with Gasteiger partial charge in [-0.1, -0.05) is 20.8 Å². The molecule has 3 unspecified atom stereocenters. The standard InChI is InChI=1S/C17H28N2O5S/c1-17(2,3)7-14(20)19-10-25-9-13(19)16(23)18-8-12(24-4)5-11(18)6-15(21)22/h11-13H,5-10H2,1-4H3,(H,21,22). The van der Waals surface area contributed by atoms with Gasteiger partial charge in [0.05, 0.1) is 18.4 Å². The van der Waals surface area contributed by atoms with E-state index in [4.69, 9.17) is 9.84 Å². The summed E-state index contributed by atoms with van der Waals surface area (Å²) >= 11 is 1.56. The zero-order chi connectivity index (χ0) is 18.8. The number of methoxy groups -OCH3 is 1. The summed E-state index contributed by atoms with van der Waals surface area (Å²) in [6, 6.07) is -0.883. The molecule has 7 nitrogen and oxygen atoms in total. The molecule has 2 heterocycles. The van der Waals surface area contributed by atoms with Crippen molar-refractivity contribution in [2.75, 3.05) is 25.3 Å². The highest BCUT2D eigenvalue weighted by Crippen LogP contribution is 2.30. The third-order valence-corrected chi connectivity index (χ3v) is 5.58. The van der Waals surface area contributed by atoms with Gasteiger partial charge in [0.2, 0.25) is 11.8 Å². The number of thioether (sulfide) groups is 1. The van der Waals surface area contributed by atoms with E-state index in [1.54, 1.807) is 28.7 Å². The lowest BCUT2D eigenvalue weighted by molar-refractivity contribution is -0.146. The van der Waals surface area contributed by atoms with Crippen molar-refractivity contribution in [2.45, 2.75) is 58.2 Å². The van der Waals surface area contributed by atoms with Gasteiger partial charge in [-0.25, -0.2) is 0 Å². The van der Waals surface area contributed by atoms with Crippen LogP contribution in [0.15, 0.2) is 0 Å². The lowest BCUT2D eigenvalue weighted by Gasteiger charge is -2.31. The molecule has 2 aliphatic heterocycles. The van der Waals surface area contributed by atoms with Gasteiger partial charge in [0.1, 0.15) is 6.04 Å². The number of likely N-dealkylation sites (tertiary alicyclic amines) is 1. The van der Waals surface area contributed by atoms with Gasteiger partial charge in [0.25, 0.3) is 0 Å². The van der Waals surface area contributed by atoms with Crippen LogP contribution >= 0.6 is 11.8 Å². The van der Waals surface area contributed by atoms with E-state index in [-0.39, 0.29) is 35.8 Å². The fourth-order valence-electron chi connectivity index (χ4n) is 3.35. The summed E-state index contributed by atoms with van der Waals surface area (Å²) in [5, 5.41) is 9.12. The highest BCUT2D eigenvalue weighted by molar-refractivity contribution is 7.99. The summed E-state index contributed by atoms with van der Waals surface area (Å²) in [5.41, 5.74) is -0.140. The topological polar surface area (TPSA) is 87.2 Å². The molecule has 2 rings (SSSR count). The first-order chi connectivity index (χ1) is 11.6. The van der Waals surface area contributed by atoms with Gasteiger partial charge in [0.15, 0.2) is 0 Å². The van der Waals surface area contributed by atoms with E-state index in [2.05, 4.69) is 0 Å². The van der Waals surface area contributed by atoms with E-state index < -0.39 is 12.0 Å². The molecule has 0 aromatic carbocycles. The van der Waals surface area contributed by atoms with E-state index in [9.17, 15) is 14.4 Å². The van der Waals surface area contributed by atoms with Gasteiger partial charge in [-0.05, 0) is 11.8 Å². The minimum absolute atomic E-state index is 0.0203. The van der Waals surface area contributed by atoms with E-state index in [1.807, 2.05) is 20.8 Å². The first-order valence-corrected chi connectivity index (χ1v) is 9.70. The molecule has 2 aliphatic rings. The van der Waals surface area contributed by atoms with Crippen LogP contribution in [0.3, 0.4) is 0 Å². The lowest BCUT2D eigenvalue weighted by Crippen LogP contribution is -2.51. The Morgan fingerprint density at radius 3 is 2.48 bits per heavy atom. The molecule has 25 heavy (non-hydrogen) atoms. The number of carboxylic acids is 1. The van der Waals surface area contributed by atoms with Gasteiger partial charge in [-0.2, -0.15) is 0 Å². The van der Waals surface area contributed by atoms with Crippen molar-refractivity contribution >= 4 is 29.5 Å². The van der Waals surface area contributed by atoms with E-state index in [1.165, 1.54) is 0 Å². The SMILES string of the molecule is COC1CC(CC(=O)O)N(C(=O)C2CSCN2C(=O)CC(C)(C)C)C1. The first kappa shape index (κ1) is 20.0. The second kappa shape index (κ2) is 7.95. The van der Waals surface area contributed by atoms with E-state index in [0.717, 1.165) is 0 Å². The highest BCUT2D eigenvalue weighted by atomic mass is 32.2. The van der Waals surface area contributed by atoms with Crippen LogP contribution in [0.25, 0.3) is 0 Å². The summed E-state index contributed by atoms with van der Waals surface area (Å²) in [6.07, 6.45) is 0.656. The predicted octanol–water partition coefficient (Wildman–Crippen LogP) is 1.41. The van der Waals surface area contributed by atoms with Crippen molar-refractivity contribution in [3.63, 3.8) is 0 Å². The lowest BCUT2D eigenvalue weighted by atomic mass is 9.91. The summed E-state index contributed by atoms with van der Waals surface area (Å²) in [4.78, 5) is 40.0. The number of nitrogens with zero attached hydrogens (tertiary/aromatic N) is 2. The van der Waals surface area contributed by atoms with Crippen LogP contribution in [0.4, 0.5) is 0 Å². The van der Waals surface area contributed by atoms with Gasteiger partial charge in [-0.15, -0.1) is 11.8 Å². The summed E-state index contributed by atoms with van der Waals surface area (Å²) < 4.78 is 5.33. The number of rotatable bonds is 5. The molecule has 2 fully saturated rings. The molecule has 0 bridgehead atoms. The summed E-state index contributed by atoms with van der Waals surface area (Å²) in [6.45, 7) is 6.38. The Kier molecular flexibility index (Phi) is 6.37. The van der Waals surface area contributed by atoms with Gasteiger partial charge in [-0.3, -0.25) is 14.4 Å². The minimum Gasteiger partial charge on any atom is -0.481 e. The molecule has 8 heteroatoms. The number of ether oxygens (including phenoxy) is 1. The third kappa shape index (κ3) is 5.10. The molecule has 142 valence electrons. The largest absolute Gasteiger partial charge is 0.481 e. The van der Waals surface area contributed by atoms with Gasteiger partial charge >= 0.3 is 5.97 Å². The van der Waals surface area contributed by atoms with Crippen molar-refractivity contribution in [1.29, 1.82) is 0 Å². The Balaban J connectivity index is 2.11. The Morgan fingerprint density at radius 2 is 1.92 bits per heavy atom. The molecule has 0 aromatic rings. The van der Waals surface area contributed by atoms with Crippen molar-refractivity contribution in [1.82, 2.24) is 9.80 Å². The fraction of sp³-hybridized carbons (Fsp3) is 0.824. The Hall–Kier alpha value is -1.28.